The second-order valence-electron chi connectivity index (χ2n) is 2.68. The molecule has 78 valence electrons. The number of rotatable bonds is 2. The molecular formula is C13H19F. The summed E-state index contributed by atoms with van der Waals surface area (Å²) in [6, 6.07) is 0. The number of halogens is 1. The van der Waals surface area contributed by atoms with Crippen molar-refractivity contribution in [3.05, 3.63) is 47.9 Å². The van der Waals surface area contributed by atoms with E-state index in [2.05, 4.69) is 0 Å². The molecule has 0 fully saturated rings. The number of hydrogen-bond donors (Lipinski definition) is 0. The highest BCUT2D eigenvalue weighted by Crippen LogP contribution is 2.19. The molecule has 0 unspecified atom stereocenters. The average Bonchev–Trinajstić information content (AvgIpc) is 2.43. The summed E-state index contributed by atoms with van der Waals surface area (Å²) in [6.07, 6.45) is 12.6. The summed E-state index contributed by atoms with van der Waals surface area (Å²) < 4.78 is 13.2. The van der Waals surface area contributed by atoms with Gasteiger partial charge in [-0.2, -0.15) is 0 Å². The Bertz CT molecular complexity index is 254. The van der Waals surface area contributed by atoms with Gasteiger partial charge in [0.15, 0.2) is 0 Å². The van der Waals surface area contributed by atoms with Crippen LogP contribution < -0.4 is 0 Å². The maximum atomic E-state index is 13.2. The first-order chi connectivity index (χ1) is 6.84. The smallest absolute Gasteiger partial charge is 0.123 e. The molecule has 0 saturated heterocycles. The van der Waals surface area contributed by atoms with Crippen LogP contribution >= 0.6 is 0 Å². The van der Waals surface area contributed by atoms with Gasteiger partial charge in [0.1, 0.15) is 5.83 Å². The van der Waals surface area contributed by atoms with Crippen LogP contribution in [0.2, 0.25) is 0 Å². The van der Waals surface area contributed by atoms with E-state index in [0.29, 0.717) is 12.8 Å². The number of allylic oxidation sites excluding steroid dienone is 8. The van der Waals surface area contributed by atoms with Crippen molar-refractivity contribution in [1.82, 2.24) is 0 Å². The summed E-state index contributed by atoms with van der Waals surface area (Å²) in [5.74, 6) is -0.0851. The third-order valence-corrected chi connectivity index (χ3v) is 1.75. The average molecular weight is 194 g/mol. The van der Waals surface area contributed by atoms with Crippen molar-refractivity contribution < 1.29 is 4.39 Å². The lowest BCUT2D eigenvalue weighted by molar-refractivity contribution is 0.643. The van der Waals surface area contributed by atoms with Crippen LogP contribution in [0.1, 0.15) is 33.6 Å². The van der Waals surface area contributed by atoms with E-state index in [1.54, 1.807) is 6.08 Å². The highest BCUT2D eigenvalue weighted by atomic mass is 19.1. The Morgan fingerprint density at radius 3 is 2.79 bits per heavy atom. The Morgan fingerprint density at radius 2 is 2.14 bits per heavy atom. The van der Waals surface area contributed by atoms with Gasteiger partial charge in [0.05, 0.1) is 0 Å². The summed E-state index contributed by atoms with van der Waals surface area (Å²) >= 11 is 0. The molecule has 0 spiro atoms. The molecule has 0 aromatic rings. The summed E-state index contributed by atoms with van der Waals surface area (Å²) in [4.78, 5) is 0. The second kappa shape index (κ2) is 8.49. The Labute approximate surface area is 86.5 Å². The first-order valence-electron chi connectivity index (χ1n) is 5.17. The van der Waals surface area contributed by atoms with Crippen LogP contribution in [0, 0.1) is 0 Å². The Balaban J connectivity index is 0.000000791. The van der Waals surface area contributed by atoms with Crippen molar-refractivity contribution in [2.45, 2.75) is 33.6 Å². The fourth-order valence-electron chi connectivity index (χ4n) is 1.06. The molecule has 0 bridgehead atoms. The van der Waals surface area contributed by atoms with Crippen LogP contribution in [0.3, 0.4) is 0 Å². The third-order valence-electron chi connectivity index (χ3n) is 1.75. The SMILES string of the molecule is C/C=C/CC1=CC=CCC=C1F.CC. The minimum absolute atomic E-state index is 0.0851. The van der Waals surface area contributed by atoms with E-state index < -0.39 is 0 Å². The molecule has 0 amide bonds. The molecule has 1 heteroatoms. The zero-order valence-corrected chi connectivity index (χ0v) is 9.26. The van der Waals surface area contributed by atoms with E-state index in [-0.39, 0.29) is 5.83 Å². The van der Waals surface area contributed by atoms with Crippen molar-refractivity contribution in [1.29, 1.82) is 0 Å². The van der Waals surface area contributed by atoms with Gasteiger partial charge >= 0.3 is 0 Å². The molecule has 0 aromatic heterocycles. The van der Waals surface area contributed by atoms with Gasteiger partial charge in [-0.3, -0.25) is 0 Å². The zero-order chi connectivity index (χ0) is 10.8. The lowest BCUT2D eigenvalue weighted by Gasteiger charge is -1.97. The molecule has 0 heterocycles. The predicted octanol–water partition coefficient (Wildman–Crippen LogP) is 4.72. The van der Waals surface area contributed by atoms with Gasteiger partial charge < -0.3 is 0 Å². The molecule has 1 aliphatic rings. The topological polar surface area (TPSA) is 0 Å². The van der Waals surface area contributed by atoms with Gasteiger partial charge in [-0.1, -0.05) is 44.2 Å². The van der Waals surface area contributed by atoms with Crippen LogP contribution in [0.4, 0.5) is 4.39 Å². The van der Waals surface area contributed by atoms with Crippen LogP contribution in [0.5, 0.6) is 0 Å². The van der Waals surface area contributed by atoms with E-state index in [0.717, 1.165) is 5.57 Å². The highest BCUT2D eigenvalue weighted by Gasteiger charge is 2.01. The molecule has 1 aliphatic carbocycles. The van der Waals surface area contributed by atoms with E-state index >= 15 is 0 Å². The molecule has 14 heavy (non-hydrogen) atoms. The lowest BCUT2D eigenvalue weighted by Crippen LogP contribution is -1.80. The van der Waals surface area contributed by atoms with Gasteiger partial charge in [-0.25, -0.2) is 4.39 Å². The van der Waals surface area contributed by atoms with E-state index in [1.165, 1.54) is 0 Å². The third kappa shape index (κ3) is 4.80. The highest BCUT2D eigenvalue weighted by molar-refractivity contribution is 5.33. The van der Waals surface area contributed by atoms with Gasteiger partial charge in [0, 0.05) is 0 Å². The standard InChI is InChI=1S/C11H13F.C2H6/c1-2-3-7-10-8-5-4-6-9-11(10)12;1-2/h2-5,8-9H,6-7H2,1H3;1-2H3/b3-2+;. The van der Waals surface area contributed by atoms with Crippen molar-refractivity contribution in [3.63, 3.8) is 0 Å². The first kappa shape index (κ1) is 12.9. The molecule has 1 rings (SSSR count). The summed E-state index contributed by atoms with van der Waals surface area (Å²) in [5.41, 5.74) is 0.766. The fourth-order valence-corrected chi connectivity index (χ4v) is 1.06. The normalized spacial score (nSPS) is 15.4. The van der Waals surface area contributed by atoms with Crippen LogP contribution in [-0.2, 0) is 0 Å². The molecule has 0 atom stereocenters. The summed E-state index contributed by atoms with van der Waals surface area (Å²) in [6.45, 7) is 5.94. The molecule has 0 N–H and O–H groups in total. The van der Waals surface area contributed by atoms with Gasteiger partial charge in [-0.15, -0.1) is 0 Å². The van der Waals surface area contributed by atoms with Gasteiger partial charge in [0.2, 0.25) is 0 Å². The minimum Gasteiger partial charge on any atom is -0.207 e. The fraction of sp³-hybridized carbons (Fsp3) is 0.385. The molecule has 0 nitrogen and oxygen atoms in total. The maximum Gasteiger partial charge on any atom is 0.123 e. The van der Waals surface area contributed by atoms with Crippen LogP contribution in [0.25, 0.3) is 0 Å². The Kier molecular flexibility index (Phi) is 7.81. The van der Waals surface area contributed by atoms with Crippen molar-refractivity contribution >= 4 is 0 Å². The molecule has 0 radical (unpaired) electrons. The maximum absolute atomic E-state index is 13.2. The lowest BCUT2D eigenvalue weighted by atomic mass is 10.1. The van der Waals surface area contributed by atoms with Crippen LogP contribution in [-0.4, -0.2) is 0 Å². The largest absolute Gasteiger partial charge is 0.207 e. The molecule has 0 aliphatic heterocycles. The minimum atomic E-state index is -0.0851. The predicted molar refractivity (Wildman–Crippen MR) is 61.8 cm³/mol. The Hall–Kier alpha value is -1.11. The Morgan fingerprint density at radius 1 is 1.43 bits per heavy atom. The summed E-state index contributed by atoms with van der Waals surface area (Å²) in [7, 11) is 0. The van der Waals surface area contributed by atoms with Crippen molar-refractivity contribution in [2.24, 2.45) is 0 Å². The first-order valence-corrected chi connectivity index (χ1v) is 5.17. The molecule has 0 saturated carbocycles. The van der Waals surface area contributed by atoms with Crippen molar-refractivity contribution in [3.8, 4) is 0 Å². The second-order valence-corrected chi connectivity index (χ2v) is 2.68. The van der Waals surface area contributed by atoms with Crippen LogP contribution in [0.15, 0.2) is 47.9 Å². The molecule has 0 aromatic carbocycles. The molecular weight excluding hydrogens is 175 g/mol. The van der Waals surface area contributed by atoms with E-state index in [4.69, 9.17) is 0 Å². The van der Waals surface area contributed by atoms with E-state index in [1.807, 2.05) is 51.2 Å². The monoisotopic (exact) mass is 194 g/mol. The summed E-state index contributed by atoms with van der Waals surface area (Å²) in [5, 5.41) is 0. The zero-order valence-electron chi connectivity index (χ0n) is 9.26. The quantitative estimate of drug-likeness (QED) is 0.558. The number of hydrogen-bond acceptors (Lipinski definition) is 0. The van der Waals surface area contributed by atoms with Crippen molar-refractivity contribution in [2.75, 3.05) is 0 Å². The van der Waals surface area contributed by atoms with Gasteiger partial charge in [-0.05, 0) is 31.4 Å². The van der Waals surface area contributed by atoms with E-state index in [9.17, 15) is 4.39 Å². The van der Waals surface area contributed by atoms with Gasteiger partial charge in [0.25, 0.3) is 0 Å².